The van der Waals surface area contributed by atoms with Gasteiger partial charge in [-0.25, -0.2) is 0 Å². The van der Waals surface area contributed by atoms with Crippen molar-refractivity contribution in [1.29, 1.82) is 0 Å². The molecule has 1 aromatic heterocycles. The highest BCUT2D eigenvalue weighted by atomic mass is 16.3. The molecule has 0 amide bonds. The first kappa shape index (κ1) is 10.9. The molecule has 18 heavy (non-hydrogen) atoms. The second-order valence-electron chi connectivity index (χ2n) is 6.67. The maximum absolute atomic E-state index is 11.1. The third-order valence-electron chi connectivity index (χ3n) is 5.54. The van der Waals surface area contributed by atoms with Gasteiger partial charge in [-0.05, 0) is 61.0 Å². The quantitative estimate of drug-likeness (QED) is 0.846. The molecule has 1 N–H and O–H groups in total. The highest BCUT2D eigenvalue weighted by molar-refractivity contribution is 5.09. The Morgan fingerprint density at radius 1 is 1.17 bits per heavy atom. The van der Waals surface area contributed by atoms with E-state index in [-0.39, 0.29) is 0 Å². The lowest BCUT2D eigenvalue weighted by molar-refractivity contribution is -0.172. The summed E-state index contributed by atoms with van der Waals surface area (Å²) in [5.74, 6) is 3.40. The van der Waals surface area contributed by atoms with E-state index in [9.17, 15) is 5.11 Å². The van der Waals surface area contributed by atoms with Crippen LogP contribution in [0.4, 0.5) is 0 Å². The molecular weight excluding hydrogens is 228 g/mol. The van der Waals surface area contributed by atoms with Crippen molar-refractivity contribution in [3.8, 4) is 0 Å². The van der Waals surface area contributed by atoms with Gasteiger partial charge >= 0.3 is 0 Å². The molecule has 4 bridgehead atoms. The Labute approximate surface area is 107 Å². The van der Waals surface area contributed by atoms with Crippen LogP contribution in [0.3, 0.4) is 0 Å². The molecule has 4 fully saturated rings. The fourth-order valence-corrected chi connectivity index (χ4v) is 4.94. The van der Waals surface area contributed by atoms with Gasteiger partial charge in [0.05, 0.1) is 12.6 Å². The monoisotopic (exact) mass is 248 g/mol. The minimum atomic E-state index is -0.559. The van der Waals surface area contributed by atoms with E-state index in [0.29, 0.717) is 24.1 Å². The number of aryl methyl sites for hydroxylation is 1. The van der Waals surface area contributed by atoms with Gasteiger partial charge in [0.1, 0.15) is 0 Å². The molecule has 1 heterocycles. The maximum atomic E-state index is 11.1. The Morgan fingerprint density at radius 3 is 2.28 bits per heavy atom. The van der Waals surface area contributed by atoms with E-state index in [2.05, 4.69) is 15.4 Å². The molecule has 5 rings (SSSR count). The molecule has 0 unspecified atom stereocenters. The van der Waals surface area contributed by atoms with Gasteiger partial charge in [0.2, 0.25) is 0 Å². The zero-order valence-corrected chi connectivity index (χ0v) is 10.8. The van der Waals surface area contributed by atoms with Gasteiger partial charge in [-0.15, -0.1) is 10.2 Å². The standard InChI is InChI=1S/C13H20N4O/c1-17-15-12(14-16-17)7-13(18)10-3-8-2-9(5-10)6-11(13)4-8/h8-11,18H,2-7H2,1H3. The largest absolute Gasteiger partial charge is 0.389 e. The van der Waals surface area contributed by atoms with E-state index in [1.807, 2.05) is 0 Å². The summed E-state index contributed by atoms with van der Waals surface area (Å²) in [6.07, 6.45) is 6.85. The molecule has 5 heteroatoms. The molecule has 0 aliphatic heterocycles. The minimum Gasteiger partial charge on any atom is -0.389 e. The van der Waals surface area contributed by atoms with Gasteiger partial charge in [-0.3, -0.25) is 0 Å². The molecule has 4 aliphatic rings. The lowest BCUT2D eigenvalue weighted by Crippen LogP contribution is -2.58. The summed E-state index contributed by atoms with van der Waals surface area (Å²) in [5.41, 5.74) is -0.559. The van der Waals surface area contributed by atoms with Crippen molar-refractivity contribution in [3.05, 3.63) is 5.82 Å². The number of rotatable bonds is 2. The fraction of sp³-hybridized carbons (Fsp3) is 0.923. The van der Waals surface area contributed by atoms with Crippen LogP contribution in [0, 0.1) is 23.7 Å². The van der Waals surface area contributed by atoms with E-state index in [4.69, 9.17) is 0 Å². The van der Waals surface area contributed by atoms with Crippen molar-refractivity contribution in [2.45, 2.75) is 44.1 Å². The molecule has 0 atom stereocenters. The molecule has 98 valence electrons. The molecule has 0 spiro atoms. The summed E-state index contributed by atoms with van der Waals surface area (Å²) in [7, 11) is 1.78. The van der Waals surface area contributed by atoms with Crippen molar-refractivity contribution >= 4 is 0 Å². The molecule has 4 saturated carbocycles. The van der Waals surface area contributed by atoms with Crippen molar-refractivity contribution in [1.82, 2.24) is 20.2 Å². The number of hydrogen-bond acceptors (Lipinski definition) is 4. The number of aliphatic hydroxyl groups is 1. The van der Waals surface area contributed by atoms with Gasteiger partial charge in [0.15, 0.2) is 5.82 Å². The minimum absolute atomic E-state index is 0.470. The van der Waals surface area contributed by atoms with Gasteiger partial charge in [-0.2, -0.15) is 4.80 Å². The third-order valence-corrected chi connectivity index (χ3v) is 5.54. The Bertz CT molecular complexity index is 441. The van der Waals surface area contributed by atoms with Crippen molar-refractivity contribution in [3.63, 3.8) is 0 Å². The fourth-order valence-electron chi connectivity index (χ4n) is 4.94. The summed E-state index contributed by atoms with van der Waals surface area (Å²) in [4.78, 5) is 1.48. The summed E-state index contributed by atoms with van der Waals surface area (Å²) < 4.78 is 0. The van der Waals surface area contributed by atoms with Crippen LogP contribution < -0.4 is 0 Å². The van der Waals surface area contributed by atoms with Crippen LogP contribution in [-0.4, -0.2) is 30.9 Å². The van der Waals surface area contributed by atoms with Crippen LogP contribution in [0.15, 0.2) is 0 Å². The summed E-state index contributed by atoms with van der Waals surface area (Å²) in [6.45, 7) is 0. The SMILES string of the molecule is Cn1nnc(CC2(O)C3CC4CC(C3)CC2C4)n1. The average molecular weight is 248 g/mol. The van der Waals surface area contributed by atoms with Crippen LogP contribution in [0.1, 0.15) is 37.9 Å². The lowest BCUT2D eigenvalue weighted by atomic mass is 9.49. The highest BCUT2D eigenvalue weighted by Crippen LogP contribution is 2.58. The summed E-state index contributed by atoms with van der Waals surface area (Å²) >= 11 is 0. The Morgan fingerprint density at radius 2 is 1.78 bits per heavy atom. The van der Waals surface area contributed by atoms with Crippen LogP contribution in [-0.2, 0) is 13.5 Å². The van der Waals surface area contributed by atoms with E-state index in [0.717, 1.165) is 11.8 Å². The van der Waals surface area contributed by atoms with E-state index in [1.54, 1.807) is 7.05 Å². The molecular formula is C13H20N4O. The molecule has 5 nitrogen and oxygen atoms in total. The Balaban J connectivity index is 1.62. The number of nitrogens with zero attached hydrogens (tertiary/aromatic N) is 4. The van der Waals surface area contributed by atoms with E-state index >= 15 is 0 Å². The topological polar surface area (TPSA) is 63.8 Å². The second-order valence-corrected chi connectivity index (χ2v) is 6.67. The first-order chi connectivity index (χ1) is 8.63. The van der Waals surface area contributed by atoms with Crippen LogP contribution in [0.2, 0.25) is 0 Å². The molecule has 4 aliphatic carbocycles. The van der Waals surface area contributed by atoms with Crippen LogP contribution >= 0.6 is 0 Å². The number of tetrazole rings is 1. The van der Waals surface area contributed by atoms with Gasteiger partial charge < -0.3 is 5.11 Å². The predicted molar refractivity (Wildman–Crippen MR) is 64.5 cm³/mol. The van der Waals surface area contributed by atoms with Crippen molar-refractivity contribution < 1.29 is 5.11 Å². The van der Waals surface area contributed by atoms with Crippen molar-refractivity contribution in [2.24, 2.45) is 30.7 Å². The summed E-state index contributed by atoms with van der Waals surface area (Å²) in [6, 6.07) is 0. The molecule has 0 aromatic carbocycles. The molecule has 0 saturated heterocycles. The Kier molecular flexibility index (Phi) is 2.14. The lowest BCUT2D eigenvalue weighted by Gasteiger charge is -2.58. The zero-order valence-electron chi connectivity index (χ0n) is 10.8. The maximum Gasteiger partial charge on any atom is 0.177 e. The molecule has 1 aromatic rings. The van der Waals surface area contributed by atoms with Crippen LogP contribution in [0.25, 0.3) is 0 Å². The van der Waals surface area contributed by atoms with Gasteiger partial charge in [-0.1, -0.05) is 0 Å². The van der Waals surface area contributed by atoms with Crippen molar-refractivity contribution in [2.75, 3.05) is 0 Å². The zero-order chi connectivity index (χ0) is 12.3. The highest BCUT2D eigenvalue weighted by Gasteiger charge is 2.56. The number of aromatic nitrogens is 4. The smallest absolute Gasteiger partial charge is 0.177 e. The number of hydrogen-bond donors (Lipinski definition) is 1. The van der Waals surface area contributed by atoms with Gasteiger partial charge in [0.25, 0.3) is 0 Å². The normalized spacial score (nSPS) is 45.7. The second kappa shape index (κ2) is 3.53. The first-order valence-corrected chi connectivity index (χ1v) is 7.08. The average Bonchev–Trinajstić information content (AvgIpc) is 2.71. The first-order valence-electron chi connectivity index (χ1n) is 7.08. The van der Waals surface area contributed by atoms with Gasteiger partial charge in [0, 0.05) is 6.42 Å². The van der Waals surface area contributed by atoms with E-state index in [1.165, 1.54) is 36.9 Å². The van der Waals surface area contributed by atoms with E-state index < -0.39 is 5.60 Å². The third kappa shape index (κ3) is 1.46. The van der Waals surface area contributed by atoms with Crippen LogP contribution in [0.5, 0.6) is 0 Å². The predicted octanol–water partition coefficient (Wildman–Crippen LogP) is 0.940. The molecule has 0 radical (unpaired) electrons. The summed E-state index contributed by atoms with van der Waals surface area (Å²) in [5, 5.41) is 23.3. The Hall–Kier alpha value is -0.970.